The van der Waals surface area contributed by atoms with E-state index in [0.717, 1.165) is 25.1 Å². The van der Waals surface area contributed by atoms with E-state index >= 15 is 0 Å². The van der Waals surface area contributed by atoms with E-state index in [4.69, 9.17) is 0 Å². The largest absolute Gasteiger partial charge is 0.316 e. The van der Waals surface area contributed by atoms with Crippen molar-refractivity contribution < 1.29 is 8.42 Å². The summed E-state index contributed by atoms with van der Waals surface area (Å²) in [4.78, 5) is 0. The molecule has 1 heterocycles. The molecule has 1 fully saturated rings. The summed E-state index contributed by atoms with van der Waals surface area (Å²) in [6.07, 6.45) is 1.43. The van der Waals surface area contributed by atoms with Gasteiger partial charge in [0, 0.05) is 6.04 Å². The van der Waals surface area contributed by atoms with Crippen LogP contribution in [0.25, 0.3) is 0 Å². The SMILES string of the molecule is CC1CNCCC1NS(=O)(=O)CCc1ccccc1. The van der Waals surface area contributed by atoms with Gasteiger partial charge in [0.2, 0.25) is 10.0 Å². The maximum Gasteiger partial charge on any atom is 0.212 e. The first-order valence-corrected chi connectivity index (χ1v) is 8.47. The quantitative estimate of drug-likeness (QED) is 0.851. The molecule has 0 bridgehead atoms. The van der Waals surface area contributed by atoms with Crippen molar-refractivity contribution in [2.45, 2.75) is 25.8 Å². The molecule has 2 N–H and O–H groups in total. The standard InChI is InChI=1S/C14H22N2O2S/c1-12-11-15-9-7-14(12)16-19(17,18)10-8-13-5-3-2-4-6-13/h2-6,12,14-16H,7-11H2,1H3. The van der Waals surface area contributed by atoms with E-state index < -0.39 is 10.0 Å². The predicted octanol–water partition coefficient (Wildman–Crippen LogP) is 1.15. The van der Waals surface area contributed by atoms with Gasteiger partial charge in [-0.15, -0.1) is 0 Å². The highest BCUT2D eigenvalue weighted by atomic mass is 32.2. The molecule has 0 radical (unpaired) electrons. The van der Waals surface area contributed by atoms with Crippen molar-refractivity contribution >= 4 is 10.0 Å². The molecule has 4 nitrogen and oxygen atoms in total. The molecule has 0 amide bonds. The first kappa shape index (κ1) is 14.5. The average molecular weight is 282 g/mol. The summed E-state index contributed by atoms with van der Waals surface area (Å²) in [5, 5.41) is 3.27. The van der Waals surface area contributed by atoms with Crippen LogP contribution in [0, 0.1) is 5.92 Å². The highest BCUT2D eigenvalue weighted by Crippen LogP contribution is 2.12. The van der Waals surface area contributed by atoms with Gasteiger partial charge in [-0.3, -0.25) is 0 Å². The van der Waals surface area contributed by atoms with Crippen LogP contribution in [0.1, 0.15) is 18.9 Å². The highest BCUT2D eigenvalue weighted by molar-refractivity contribution is 7.89. The molecular weight excluding hydrogens is 260 g/mol. The van der Waals surface area contributed by atoms with Crippen LogP contribution in [0.5, 0.6) is 0 Å². The van der Waals surface area contributed by atoms with Gasteiger partial charge < -0.3 is 5.32 Å². The minimum Gasteiger partial charge on any atom is -0.316 e. The minimum atomic E-state index is -3.19. The molecule has 106 valence electrons. The van der Waals surface area contributed by atoms with Gasteiger partial charge in [-0.1, -0.05) is 37.3 Å². The molecule has 1 aromatic rings. The van der Waals surface area contributed by atoms with Crippen molar-refractivity contribution in [3.8, 4) is 0 Å². The number of nitrogens with one attached hydrogen (secondary N) is 2. The molecule has 0 aromatic heterocycles. The molecule has 0 saturated carbocycles. The van der Waals surface area contributed by atoms with Gasteiger partial charge in [0.1, 0.15) is 0 Å². The fraction of sp³-hybridized carbons (Fsp3) is 0.571. The highest BCUT2D eigenvalue weighted by Gasteiger charge is 2.25. The van der Waals surface area contributed by atoms with Gasteiger partial charge >= 0.3 is 0 Å². The van der Waals surface area contributed by atoms with Crippen molar-refractivity contribution in [1.82, 2.24) is 10.0 Å². The molecule has 2 atom stereocenters. The molecule has 0 aliphatic carbocycles. The number of piperidine rings is 1. The Kier molecular flexibility index (Phi) is 4.96. The molecule has 1 aliphatic rings. The zero-order valence-corrected chi connectivity index (χ0v) is 12.1. The Bertz CT molecular complexity index is 487. The summed E-state index contributed by atoms with van der Waals surface area (Å²) in [5.74, 6) is 0.508. The van der Waals surface area contributed by atoms with Crippen LogP contribution in [0.15, 0.2) is 30.3 Å². The van der Waals surface area contributed by atoms with E-state index in [1.807, 2.05) is 30.3 Å². The summed E-state index contributed by atoms with van der Waals surface area (Å²) >= 11 is 0. The third-order valence-electron chi connectivity index (χ3n) is 3.62. The molecule has 1 saturated heterocycles. The zero-order chi connectivity index (χ0) is 13.7. The van der Waals surface area contributed by atoms with E-state index in [1.54, 1.807) is 0 Å². The first-order chi connectivity index (χ1) is 9.07. The molecule has 0 spiro atoms. The number of aryl methyl sites for hydroxylation is 1. The second-order valence-corrected chi connectivity index (χ2v) is 7.12. The van der Waals surface area contributed by atoms with Crippen molar-refractivity contribution in [3.05, 3.63) is 35.9 Å². The van der Waals surface area contributed by atoms with Gasteiger partial charge in [-0.25, -0.2) is 13.1 Å². The number of rotatable bonds is 5. The maximum atomic E-state index is 12.1. The summed E-state index contributed by atoms with van der Waals surface area (Å²) < 4.78 is 27.0. The Labute approximate surface area is 115 Å². The predicted molar refractivity (Wildman–Crippen MR) is 77.5 cm³/mol. The van der Waals surface area contributed by atoms with Crippen LogP contribution in [-0.2, 0) is 16.4 Å². The van der Waals surface area contributed by atoms with E-state index in [1.165, 1.54) is 0 Å². The average Bonchev–Trinajstić information content (AvgIpc) is 2.40. The Morgan fingerprint density at radius 3 is 2.74 bits per heavy atom. The number of benzene rings is 1. The zero-order valence-electron chi connectivity index (χ0n) is 11.3. The second kappa shape index (κ2) is 6.50. The maximum absolute atomic E-state index is 12.1. The lowest BCUT2D eigenvalue weighted by atomic mass is 9.97. The van der Waals surface area contributed by atoms with Crippen molar-refractivity contribution in [1.29, 1.82) is 0 Å². The molecule has 1 aliphatic heterocycles. The smallest absolute Gasteiger partial charge is 0.212 e. The Hall–Kier alpha value is -0.910. The molecule has 2 rings (SSSR count). The van der Waals surface area contributed by atoms with Crippen LogP contribution in [0.2, 0.25) is 0 Å². The summed E-state index contributed by atoms with van der Waals surface area (Å²) in [6, 6.07) is 9.80. The Balaban J connectivity index is 1.88. The van der Waals surface area contributed by atoms with Gasteiger partial charge in [0.25, 0.3) is 0 Å². The third-order valence-corrected chi connectivity index (χ3v) is 5.02. The topological polar surface area (TPSA) is 58.2 Å². The van der Waals surface area contributed by atoms with E-state index in [9.17, 15) is 8.42 Å². The fourth-order valence-corrected chi connectivity index (χ4v) is 3.81. The van der Waals surface area contributed by atoms with Crippen LogP contribution in [0.3, 0.4) is 0 Å². The molecular formula is C14H22N2O2S. The number of hydrogen-bond acceptors (Lipinski definition) is 3. The fourth-order valence-electron chi connectivity index (χ4n) is 2.38. The molecule has 19 heavy (non-hydrogen) atoms. The minimum absolute atomic E-state index is 0.0713. The normalized spacial score (nSPS) is 24.3. The molecule has 1 aromatic carbocycles. The Morgan fingerprint density at radius 1 is 1.32 bits per heavy atom. The monoisotopic (exact) mass is 282 g/mol. The summed E-state index contributed by atoms with van der Waals surface area (Å²) in [6.45, 7) is 3.85. The summed E-state index contributed by atoms with van der Waals surface area (Å²) in [7, 11) is -3.19. The van der Waals surface area contributed by atoms with Crippen LogP contribution < -0.4 is 10.0 Å². The third kappa shape index (κ3) is 4.60. The van der Waals surface area contributed by atoms with Crippen molar-refractivity contribution in [2.24, 2.45) is 5.92 Å². The van der Waals surface area contributed by atoms with E-state index in [2.05, 4.69) is 17.0 Å². The second-order valence-electron chi connectivity index (χ2n) is 5.25. The van der Waals surface area contributed by atoms with Gasteiger partial charge in [0.05, 0.1) is 5.75 Å². The van der Waals surface area contributed by atoms with E-state index in [0.29, 0.717) is 12.3 Å². The Morgan fingerprint density at radius 2 is 2.05 bits per heavy atom. The lowest BCUT2D eigenvalue weighted by molar-refractivity contribution is 0.328. The van der Waals surface area contributed by atoms with Gasteiger partial charge in [-0.05, 0) is 37.4 Å². The summed E-state index contributed by atoms with van der Waals surface area (Å²) in [5.41, 5.74) is 1.06. The first-order valence-electron chi connectivity index (χ1n) is 6.81. The lowest BCUT2D eigenvalue weighted by Crippen LogP contribution is -2.48. The van der Waals surface area contributed by atoms with Crippen LogP contribution >= 0.6 is 0 Å². The van der Waals surface area contributed by atoms with Gasteiger partial charge in [-0.2, -0.15) is 0 Å². The van der Waals surface area contributed by atoms with Crippen LogP contribution in [0.4, 0.5) is 0 Å². The van der Waals surface area contributed by atoms with E-state index in [-0.39, 0.29) is 11.8 Å². The molecule has 5 heteroatoms. The van der Waals surface area contributed by atoms with Crippen molar-refractivity contribution in [3.63, 3.8) is 0 Å². The number of sulfonamides is 1. The van der Waals surface area contributed by atoms with Crippen LogP contribution in [-0.4, -0.2) is 33.3 Å². The van der Waals surface area contributed by atoms with Gasteiger partial charge in [0.15, 0.2) is 0 Å². The van der Waals surface area contributed by atoms with Crippen molar-refractivity contribution in [2.75, 3.05) is 18.8 Å². The molecule has 2 unspecified atom stereocenters. The lowest BCUT2D eigenvalue weighted by Gasteiger charge is -2.29. The number of hydrogen-bond donors (Lipinski definition) is 2.